The van der Waals surface area contributed by atoms with Gasteiger partial charge in [0.05, 0.1) is 30.8 Å². The van der Waals surface area contributed by atoms with Crippen LogP contribution in [0.2, 0.25) is 0 Å². The first-order valence-corrected chi connectivity index (χ1v) is 12.7. The number of hydrogen-bond donors (Lipinski definition) is 1. The normalized spacial score (nSPS) is 19.2. The number of Topliss-reactive ketones (excluding diaryl/α,β-unsaturated/α-hetero) is 1. The van der Waals surface area contributed by atoms with E-state index in [0.717, 1.165) is 23.4 Å². The fourth-order valence-corrected chi connectivity index (χ4v) is 5.29. The summed E-state index contributed by atoms with van der Waals surface area (Å²) in [5, 5.41) is 10.4. The first kappa shape index (κ1) is 25.4. The van der Waals surface area contributed by atoms with Gasteiger partial charge in [-0.15, -0.1) is 0 Å². The molecule has 0 radical (unpaired) electrons. The Morgan fingerprint density at radius 2 is 1.75 bits per heavy atom. The lowest BCUT2D eigenvalue weighted by Crippen LogP contribution is -2.42. The first-order valence-electron chi connectivity index (χ1n) is 12.7. The SMILES string of the molecule is CCOc1ccc(OCC)c(C2C(C#N)=C(N)N(c3ccc(CC)cc3)C3=C2C(=O)CC(C)(C)C3)c1. The number of nitrogens with zero attached hydrogens (tertiary/aromatic N) is 2. The molecule has 0 fully saturated rings. The van der Waals surface area contributed by atoms with Crippen LogP contribution in [0.5, 0.6) is 11.5 Å². The minimum atomic E-state index is -0.623. The van der Waals surface area contributed by atoms with E-state index in [4.69, 9.17) is 15.2 Å². The molecule has 0 aromatic heterocycles. The summed E-state index contributed by atoms with van der Waals surface area (Å²) in [5.41, 5.74) is 11.2. The number of carbonyl (C=O) groups excluding carboxylic acids is 1. The Morgan fingerprint density at radius 1 is 1.06 bits per heavy atom. The van der Waals surface area contributed by atoms with Crippen molar-refractivity contribution in [3.8, 4) is 17.6 Å². The fraction of sp³-hybridized carbons (Fsp3) is 0.400. The summed E-state index contributed by atoms with van der Waals surface area (Å²) >= 11 is 0. The van der Waals surface area contributed by atoms with Gasteiger partial charge < -0.3 is 15.2 Å². The number of benzene rings is 2. The number of anilines is 1. The lowest BCUT2D eigenvalue weighted by atomic mass is 9.68. The summed E-state index contributed by atoms with van der Waals surface area (Å²) in [5.74, 6) is 1.04. The molecule has 2 aromatic rings. The van der Waals surface area contributed by atoms with Crippen molar-refractivity contribution in [3.05, 3.63) is 76.3 Å². The first-order chi connectivity index (χ1) is 17.2. The molecule has 36 heavy (non-hydrogen) atoms. The third kappa shape index (κ3) is 4.58. The Bertz CT molecular complexity index is 1270. The summed E-state index contributed by atoms with van der Waals surface area (Å²) in [6.07, 6.45) is 1.99. The molecule has 6 nitrogen and oxygen atoms in total. The van der Waals surface area contributed by atoms with Crippen LogP contribution in [-0.4, -0.2) is 19.0 Å². The lowest BCUT2D eigenvalue weighted by molar-refractivity contribution is -0.118. The summed E-state index contributed by atoms with van der Waals surface area (Å²) in [6, 6.07) is 16.1. The van der Waals surface area contributed by atoms with Crippen molar-refractivity contribution in [1.82, 2.24) is 0 Å². The Morgan fingerprint density at radius 3 is 2.36 bits per heavy atom. The number of aryl methyl sites for hydroxylation is 1. The molecule has 1 heterocycles. The van der Waals surface area contributed by atoms with Gasteiger partial charge in [0.15, 0.2) is 5.78 Å². The number of allylic oxidation sites excluding steroid dienone is 3. The summed E-state index contributed by atoms with van der Waals surface area (Å²) < 4.78 is 11.7. The fourth-order valence-electron chi connectivity index (χ4n) is 5.29. The van der Waals surface area contributed by atoms with Gasteiger partial charge in [0.1, 0.15) is 17.3 Å². The molecule has 0 amide bonds. The van der Waals surface area contributed by atoms with Crippen molar-refractivity contribution in [2.45, 2.75) is 59.8 Å². The second-order valence-corrected chi connectivity index (χ2v) is 10.1. The highest BCUT2D eigenvalue weighted by molar-refractivity contribution is 6.02. The summed E-state index contributed by atoms with van der Waals surface area (Å²) in [4.78, 5) is 15.7. The number of nitriles is 1. The highest BCUT2D eigenvalue weighted by Gasteiger charge is 2.45. The van der Waals surface area contributed by atoms with Crippen molar-refractivity contribution in [1.29, 1.82) is 5.26 Å². The van der Waals surface area contributed by atoms with E-state index in [1.54, 1.807) is 0 Å². The molecular formula is C30H35N3O3. The van der Waals surface area contributed by atoms with Gasteiger partial charge >= 0.3 is 0 Å². The van der Waals surface area contributed by atoms with Crippen molar-refractivity contribution < 1.29 is 14.3 Å². The Kier molecular flexibility index (Phi) is 7.12. The largest absolute Gasteiger partial charge is 0.494 e. The van der Waals surface area contributed by atoms with Crippen molar-refractivity contribution in [3.63, 3.8) is 0 Å². The third-order valence-corrected chi connectivity index (χ3v) is 6.89. The standard InChI is InChI=1S/C30H35N3O3/c1-6-19-9-11-20(12-10-19)33-24-16-30(4,5)17-25(34)28(24)27(23(18-31)29(33)32)22-15-21(35-7-2)13-14-26(22)36-8-3/h9-15,27H,6-8,16-17,32H2,1-5H3. The zero-order chi connectivity index (χ0) is 26.0. The average Bonchev–Trinajstić information content (AvgIpc) is 2.84. The molecule has 0 bridgehead atoms. The number of ether oxygens (including phenoxy) is 2. The predicted molar refractivity (Wildman–Crippen MR) is 142 cm³/mol. The van der Waals surface area contributed by atoms with Crippen LogP contribution in [0.15, 0.2) is 65.1 Å². The molecule has 1 unspecified atom stereocenters. The maximum atomic E-state index is 13.8. The minimum absolute atomic E-state index is 0.0333. The van der Waals surface area contributed by atoms with E-state index in [0.29, 0.717) is 54.5 Å². The third-order valence-electron chi connectivity index (χ3n) is 6.89. The van der Waals surface area contributed by atoms with Crippen LogP contribution >= 0.6 is 0 Å². The van der Waals surface area contributed by atoms with Gasteiger partial charge in [-0.1, -0.05) is 32.9 Å². The molecule has 0 saturated heterocycles. The molecule has 1 aliphatic carbocycles. The molecular weight excluding hydrogens is 450 g/mol. The van der Waals surface area contributed by atoms with Crippen molar-refractivity contribution in [2.24, 2.45) is 11.1 Å². The topological polar surface area (TPSA) is 88.6 Å². The van der Waals surface area contributed by atoms with Crippen LogP contribution in [0.4, 0.5) is 5.69 Å². The Hall–Kier alpha value is -3.72. The van der Waals surface area contributed by atoms with E-state index in [9.17, 15) is 10.1 Å². The second kappa shape index (κ2) is 10.1. The van der Waals surface area contributed by atoms with E-state index >= 15 is 0 Å². The highest BCUT2D eigenvalue weighted by atomic mass is 16.5. The van der Waals surface area contributed by atoms with Gasteiger partial charge in [0.25, 0.3) is 0 Å². The lowest BCUT2D eigenvalue weighted by Gasteiger charge is -2.44. The second-order valence-electron chi connectivity index (χ2n) is 10.1. The van der Waals surface area contributed by atoms with Crippen LogP contribution in [0.1, 0.15) is 64.5 Å². The van der Waals surface area contributed by atoms with Crippen LogP contribution < -0.4 is 20.1 Å². The van der Waals surface area contributed by atoms with E-state index < -0.39 is 5.92 Å². The van der Waals surface area contributed by atoms with Gasteiger partial charge in [-0.05, 0) is 68.0 Å². The average molecular weight is 486 g/mol. The monoisotopic (exact) mass is 485 g/mol. The number of ketones is 1. The quantitative estimate of drug-likeness (QED) is 0.518. The molecule has 188 valence electrons. The number of rotatable bonds is 7. The van der Waals surface area contributed by atoms with Crippen LogP contribution in [0, 0.1) is 16.7 Å². The molecule has 1 atom stereocenters. The van der Waals surface area contributed by atoms with E-state index in [1.807, 2.05) is 49.1 Å². The molecule has 0 spiro atoms. The highest BCUT2D eigenvalue weighted by Crippen LogP contribution is 2.52. The smallest absolute Gasteiger partial charge is 0.162 e. The zero-order valence-electron chi connectivity index (χ0n) is 21.9. The van der Waals surface area contributed by atoms with E-state index in [2.05, 4.69) is 39.0 Å². The van der Waals surface area contributed by atoms with Crippen LogP contribution in [-0.2, 0) is 11.2 Å². The molecule has 0 saturated carbocycles. The number of nitrogens with two attached hydrogens (primary N) is 1. The molecule has 1 aliphatic heterocycles. The predicted octanol–water partition coefficient (Wildman–Crippen LogP) is 5.99. The van der Waals surface area contributed by atoms with Crippen LogP contribution in [0.3, 0.4) is 0 Å². The van der Waals surface area contributed by atoms with Gasteiger partial charge in [-0.3, -0.25) is 9.69 Å². The molecule has 6 heteroatoms. The Labute approximate surface area is 214 Å². The number of hydrogen-bond acceptors (Lipinski definition) is 6. The molecule has 2 aliphatic rings. The summed E-state index contributed by atoms with van der Waals surface area (Å²) in [7, 11) is 0. The number of carbonyl (C=O) groups is 1. The van der Waals surface area contributed by atoms with Gasteiger partial charge in [0.2, 0.25) is 0 Å². The van der Waals surface area contributed by atoms with Gasteiger partial charge in [0, 0.05) is 28.9 Å². The van der Waals surface area contributed by atoms with E-state index in [-0.39, 0.29) is 11.2 Å². The van der Waals surface area contributed by atoms with E-state index in [1.165, 1.54) is 5.56 Å². The van der Waals surface area contributed by atoms with Gasteiger partial charge in [-0.25, -0.2) is 0 Å². The Balaban J connectivity index is 1.99. The van der Waals surface area contributed by atoms with Gasteiger partial charge in [-0.2, -0.15) is 5.26 Å². The zero-order valence-corrected chi connectivity index (χ0v) is 21.9. The maximum Gasteiger partial charge on any atom is 0.162 e. The van der Waals surface area contributed by atoms with Crippen molar-refractivity contribution >= 4 is 11.5 Å². The molecule has 2 N–H and O–H groups in total. The van der Waals surface area contributed by atoms with Crippen LogP contribution in [0.25, 0.3) is 0 Å². The minimum Gasteiger partial charge on any atom is -0.494 e. The molecule has 2 aromatic carbocycles. The summed E-state index contributed by atoms with van der Waals surface area (Å²) in [6.45, 7) is 11.1. The van der Waals surface area contributed by atoms with Crippen molar-refractivity contribution in [2.75, 3.05) is 18.1 Å². The molecule has 4 rings (SSSR count). The maximum absolute atomic E-state index is 13.8.